The van der Waals surface area contributed by atoms with Gasteiger partial charge < -0.3 is 5.32 Å². The van der Waals surface area contributed by atoms with Gasteiger partial charge >= 0.3 is 0 Å². The number of nitrogens with zero attached hydrogens (tertiary/aromatic N) is 1. The first kappa shape index (κ1) is 19.1. The number of benzene rings is 2. The maximum absolute atomic E-state index is 13.1. The maximum atomic E-state index is 13.1. The van der Waals surface area contributed by atoms with E-state index in [2.05, 4.69) is 5.32 Å². The van der Waals surface area contributed by atoms with Crippen LogP contribution in [-0.4, -0.2) is 37.6 Å². The van der Waals surface area contributed by atoms with Crippen LogP contribution >= 0.6 is 11.6 Å². The molecule has 27 heavy (non-hydrogen) atoms. The van der Waals surface area contributed by atoms with Gasteiger partial charge in [-0.3, -0.25) is 9.59 Å². The van der Waals surface area contributed by atoms with Crippen LogP contribution in [0.4, 0.5) is 4.39 Å². The average Bonchev–Trinajstić information content (AvgIpc) is 2.77. The lowest BCUT2D eigenvalue weighted by Gasteiger charge is -2.20. The summed E-state index contributed by atoms with van der Waals surface area (Å²) in [6.45, 7) is -0.772. The number of carbonyl (C=O) groups is 2. The third kappa shape index (κ3) is 4.17. The zero-order valence-electron chi connectivity index (χ0n) is 13.9. The molecule has 1 aliphatic heterocycles. The number of halogens is 2. The molecule has 1 N–H and O–H groups in total. The van der Waals surface area contributed by atoms with Crippen molar-refractivity contribution in [3.05, 3.63) is 70.5 Å². The largest absolute Gasteiger partial charge is 0.350 e. The summed E-state index contributed by atoms with van der Waals surface area (Å²) in [5.74, 6) is -1.87. The summed E-state index contributed by atoms with van der Waals surface area (Å²) in [6.07, 6.45) is 1.41. The standard InChI is InChI=1S/C18H14ClFN2O4S/c19-14-3-7-16(8-4-14)27(25,26)22-11-17(23)21-10-13(18(22)24)9-12-1-5-15(20)6-2-12/h1-9H,10-11H2,(H,21,23)/b13-9+. The highest BCUT2D eigenvalue weighted by molar-refractivity contribution is 7.89. The third-order valence-electron chi connectivity index (χ3n) is 3.88. The molecule has 2 aromatic rings. The fourth-order valence-corrected chi connectivity index (χ4v) is 3.97. The van der Waals surface area contributed by atoms with Gasteiger partial charge in [0.15, 0.2) is 0 Å². The van der Waals surface area contributed by atoms with E-state index in [1.807, 2.05) is 0 Å². The number of rotatable bonds is 3. The Morgan fingerprint density at radius 2 is 1.67 bits per heavy atom. The van der Waals surface area contributed by atoms with E-state index in [1.54, 1.807) is 0 Å². The van der Waals surface area contributed by atoms with Gasteiger partial charge in [-0.15, -0.1) is 0 Å². The molecule has 0 saturated carbocycles. The summed E-state index contributed by atoms with van der Waals surface area (Å²) in [7, 11) is -4.25. The SMILES string of the molecule is O=C1CN(S(=O)(=O)c2ccc(Cl)cc2)C(=O)/C(=C/c2ccc(F)cc2)CN1. The first-order valence-corrected chi connectivity index (χ1v) is 9.64. The van der Waals surface area contributed by atoms with E-state index in [1.165, 1.54) is 54.6 Å². The Kier molecular flexibility index (Phi) is 5.29. The van der Waals surface area contributed by atoms with Gasteiger partial charge in [0.05, 0.1) is 4.90 Å². The zero-order chi connectivity index (χ0) is 19.6. The zero-order valence-corrected chi connectivity index (χ0v) is 15.4. The number of sulfonamides is 1. The van der Waals surface area contributed by atoms with Crippen LogP contribution in [-0.2, 0) is 19.6 Å². The summed E-state index contributed by atoms with van der Waals surface area (Å²) in [4.78, 5) is 24.6. The summed E-state index contributed by atoms with van der Waals surface area (Å²) in [5.41, 5.74) is 0.560. The normalized spacial score (nSPS) is 17.0. The first-order chi connectivity index (χ1) is 12.8. The molecule has 1 fully saturated rings. The highest BCUT2D eigenvalue weighted by Gasteiger charge is 2.35. The second-order valence-electron chi connectivity index (χ2n) is 5.77. The summed E-state index contributed by atoms with van der Waals surface area (Å²) < 4.78 is 39.3. The molecule has 0 aromatic heterocycles. The fraction of sp³-hybridized carbons (Fsp3) is 0.111. The summed E-state index contributed by atoms with van der Waals surface area (Å²) in [5, 5.41) is 2.83. The predicted octanol–water partition coefficient (Wildman–Crippen LogP) is 2.21. The molecule has 0 spiro atoms. The molecular weight excluding hydrogens is 395 g/mol. The van der Waals surface area contributed by atoms with Gasteiger partial charge in [0, 0.05) is 17.1 Å². The van der Waals surface area contributed by atoms with Crippen molar-refractivity contribution in [1.29, 1.82) is 0 Å². The van der Waals surface area contributed by atoms with Crippen LogP contribution in [0.3, 0.4) is 0 Å². The monoisotopic (exact) mass is 408 g/mol. The van der Waals surface area contributed by atoms with Gasteiger partial charge in [0.2, 0.25) is 5.91 Å². The highest BCUT2D eigenvalue weighted by Crippen LogP contribution is 2.22. The topological polar surface area (TPSA) is 83.6 Å². The van der Waals surface area contributed by atoms with Crippen LogP contribution in [0.1, 0.15) is 5.56 Å². The van der Waals surface area contributed by atoms with Crippen molar-refractivity contribution in [3.8, 4) is 0 Å². The molecule has 0 unspecified atom stereocenters. The Balaban J connectivity index is 2.01. The Labute approximate surface area is 160 Å². The minimum absolute atomic E-state index is 0.0602. The van der Waals surface area contributed by atoms with E-state index < -0.39 is 34.2 Å². The molecule has 2 aromatic carbocycles. The molecule has 0 radical (unpaired) electrons. The van der Waals surface area contributed by atoms with E-state index >= 15 is 0 Å². The molecule has 6 nitrogen and oxygen atoms in total. The molecule has 1 saturated heterocycles. The molecule has 9 heteroatoms. The van der Waals surface area contributed by atoms with Crippen molar-refractivity contribution in [1.82, 2.24) is 9.62 Å². The van der Waals surface area contributed by atoms with Crippen molar-refractivity contribution < 1.29 is 22.4 Å². The lowest BCUT2D eigenvalue weighted by atomic mass is 10.1. The molecule has 3 rings (SSSR count). The smallest absolute Gasteiger partial charge is 0.267 e. The fourth-order valence-electron chi connectivity index (χ4n) is 2.49. The Morgan fingerprint density at radius 3 is 2.30 bits per heavy atom. The molecule has 1 heterocycles. The lowest BCUT2D eigenvalue weighted by molar-refractivity contribution is -0.127. The lowest BCUT2D eigenvalue weighted by Crippen LogP contribution is -2.40. The van der Waals surface area contributed by atoms with Gasteiger partial charge in [-0.2, -0.15) is 0 Å². The molecule has 2 amide bonds. The number of hydrogen-bond donors (Lipinski definition) is 1. The highest BCUT2D eigenvalue weighted by atomic mass is 35.5. The minimum Gasteiger partial charge on any atom is -0.350 e. The quantitative estimate of drug-likeness (QED) is 0.789. The van der Waals surface area contributed by atoms with E-state index in [9.17, 15) is 22.4 Å². The Hall–Kier alpha value is -2.71. The van der Waals surface area contributed by atoms with Crippen LogP contribution in [0.2, 0.25) is 5.02 Å². The van der Waals surface area contributed by atoms with Gasteiger partial charge in [-0.1, -0.05) is 23.7 Å². The summed E-state index contributed by atoms with van der Waals surface area (Å²) in [6, 6.07) is 10.6. The number of amides is 2. The molecular formula is C18H14ClFN2O4S. The van der Waals surface area contributed by atoms with Crippen LogP contribution in [0, 0.1) is 5.82 Å². The van der Waals surface area contributed by atoms with E-state index in [0.717, 1.165) is 0 Å². The maximum Gasteiger partial charge on any atom is 0.267 e. The van der Waals surface area contributed by atoms with E-state index in [-0.39, 0.29) is 17.0 Å². The van der Waals surface area contributed by atoms with Crippen LogP contribution < -0.4 is 5.32 Å². The van der Waals surface area contributed by atoms with Crippen molar-refractivity contribution in [3.63, 3.8) is 0 Å². The Morgan fingerprint density at radius 1 is 1.04 bits per heavy atom. The van der Waals surface area contributed by atoms with Crippen molar-refractivity contribution in [2.75, 3.05) is 13.1 Å². The minimum atomic E-state index is -4.25. The van der Waals surface area contributed by atoms with Gasteiger partial charge in [-0.05, 0) is 48.0 Å². The third-order valence-corrected chi connectivity index (χ3v) is 5.87. The molecule has 0 aliphatic carbocycles. The molecule has 1 aliphatic rings. The molecule has 140 valence electrons. The van der Waals surface area contributed by atoms with Crippen molar-refractivity contribution in [2.24, 2.45) is 0 Å². The number of nitrogens with one attached hydrogen (secondary N) is 1. The van der Waals surface area contributed by atoms with Gasteiger partial charge in [0.25, 0.3) is 15.9 Å². The van der Waals surface area contributed by atoms with Crippen LogP contribution in [0.5, 0.6) is 0 Å². The van der Waals surface area contributed by atoms with Crippen molar-refractivity contribution >= 4 is 39.5 Å². The Bertz CT molecular complexity index is 1020. The molecule has 0 bridgehead atoms. The second kappa shape index (κ2) is 7.50. The van der Waals surface area contributed by atoms with Gasteiger partial charge in [0.1, 0.15) is 12.4 Å². The second-order valence-corrected chi connectivity index (χ2v) is 8.07. The summed E-state index contributed by atoms with van der Waals surface area (Å²) >= 11 is 5.77. The predicted molar refractivity (Wildman–Crippen MR) is 97.7 cm³/mol. The van der Waals surface area contributed by atoms with E-state index in [0.29, 0.717) is 14.9 Å². The number of hydrogen-bond acceptors (Lipinski definition) is 4. The van der Waals surface area contributed by atoms with Gasteiger partial charge in [-0.25, -0.2) is 17.1 Å². The molecule has 0 atom stereocenters. The van der Waals surface area contributed by atoms with Crippen LogP contribution in [0.25, 0.3) is 6.08 Å². The van der Waals surface area contributed by atoms with Crippen molar-refractivity contribution in [2.45, 2.75) is 4.90 Å². The first-order valence-electron chi connectivity index (χ1n) is 7.83. The van der Waals surface area contributed by atoms with E-state index in [4.69, 9.17) is 11.6 Å². The van der Waals surface area contributed by atoms with Crippen LogP contribution in [0.15, 0.2) is 59.0 Å². The average molecular weight is 409 g/mol. The number of carbonyl (C=O) groups excluding carboxylic acids is 2.